The van der Waals surface area contributed by atoms with Crippen molar-refractivity contribution in [2.24, 2.45) is 0 Å². The van der Waals surface area contributed by atoms with E-state index in [1.165, 1.54) is 0 Å². The molecule has 0 heterocycles. The second kappa shape index (κ2) is 6.07. The fraction of sp³-hybridized carbons (Fsp3) is 0.200. The van der Waals surface area contributed by atoms with Crippen molar-refractivity contribution in [3.63, 3.8) is 0 Å². The van der Waals surface area contributed by atoms with Crippen LogP contribution in [-0.4, -0.2) is 8.42 Å². The van der Waals surface area contributed by atoms with E-state index in [9.17, 15) is 8.42 Å². The number of hydrogen-bond donors (Lipinski definition) is 2. The Morgan fingerprint density at radius 3 is 2.30 bits per heavy atom. The van der Waals surface area contributed by atoms with E-state index in [1.54, 1.807) is 25.1 Å². The number of nitrogens with one attached hydrogen (secondary N) is 1. The van der Waals surface area contributed by atoms with Crippen LogP contribution in [0.4, 0.5) is 5.69 Å². The SMILES string of the molecule is CC(NS(=O)(=O)Cc1ccccc1)c1ccccc1N. The van der Waals surface area contributed by atoms with Gasteiger partial charge in [-0.15, -0.1) is 0 Å². The molecule has 0 saturated carbocycles. The van der Waals surface area contributed by atoms with Crippen LogP contribution in [0.2, 0.25) is 0 Å². The van der Waals surface area contributed by atoms with Crippen molar-refractivity contribution in [3.8, 4) is 0 Å². The molecule has 0 aliphatic heterocycles. The number of rotatable bonds is 5. The summed E-state index contributed by atoms with van der Waals surface area (Å²) in [6, 6.07) is 16.0. The summed E-state index contributed by atoms with van der Waals surface area (Å²) in [7, 11) is -3.40. The van der Waals surface area contributed by atoms with Crippen molar-refractivity contribution in [2.75, 3.05) is 5.73 Å². The Bertz CT molecular complexity index is 669. The third kappa shape index (κ3) is 3.82. The smallest absolute Gasteiger partial charge is 0.216 e. The molecule has 0 amide bonds. The van der Waals surface area contributed by atoms with Crippen molar-refractivity contribution in [1.82, 2.24) is 4.72 Å². The number of sulfonamides is 1. The van der Waals surface area contributed by atoms with E-state index in [0.29, 0.717) is 5.69 Å². The van der Waals surface area contributed by atoms with E-state index in [-0.39, 0.29) is 11.8 Å². The van der Waals surface area contributed by atoms with Crippen LogP contribution < -0.4 is 10.5 Å². The van der Waals surface area contributed by atoms with Crippen LogP contribution in [0, 0.1) is 0 Å². The molecular formula is C15H18N2O2S. The standard InChI is InChI=1S/C15H18N2O2S/c1-12(14-9-5-6-10-15(14)16)17-20(18,19)11-13-7-3-2-4-8-13/h2-10,12,17H,11,16H2,1H3. The highest BCUT2D eigenvalue weighted by molar-refractivity contribution is 7.88. The van der Waals surface area contributed by atoms with Crippen LogP contribution >= 0.6 is 0 Å². The number of hydrogen-bond acceptors (Lipinski definition) is 3. The summed E-state index contributed by atoms with van der Waals surface area (Å²) in [5, 5.41) is 0. The van der Waals surface area contributed by atoms with Gasteiger partial charge in [-0.2, -0.15) is 0 Å². The van der Waals surface area contributed by atoms with E-state index in [4.69, 9.17) is 5.73 Å². The molecule has 0 radical (unpaired) electrons. The molecule has 1 unspecified atom stereocenters. The number of anilines is 1. The van der Waals surface area contributed by atoms with Gasteiger partial charge in [-0.3, -0.25) is 0 Å². The van der Waals surface area contributed by atoms with Gasteiger partial charge in [-0.05, 0) is 24.1 Å². The Morgan fingerprint density at radius 2 is 1.65 bits per heavy atom. The van der Waals surface area contributed by atoms with Crippen LogP contribution in [0.15, 0.2) is 54.6 Å². The minimum atomic E-state index is -3.40. The summed E-state index contributed by atoms with van der Waals surface area (Å²) in [6.45, 7) is 1.79. The zero-order valence-electron chi connectivity index (χ0n) is 11.3. The molecule has 0 fully saturated rings. The predicted molar refractivity (Wildman–Crippen MR) is 81.5 cm³/mol. The molecule has 0 saturated heterocycles. The monoisotopic (exact) mass is 290 g/mol. The van der Waals surface area contributed by atoms with Crippen molar-refractivity contribution in [1.29, 1.82) is 0 Å². The number of para-hydroxylation sites is 1. The van der Waals surface area contributed by atoms with Gasteiger partial charge in [0.2, 0.25) is 10.0 Å². The van der Waals surface area contributed by atoms with Crippen molar-refractivity contribution in [3.05, 3.63) is 65.7 Å². The molecular weight excluding hydrogens is 272 g/mol. The predicted octanol–water partition coefficient (Wildman–Crippen LogP) is 2.45. The highest BCUT2D eigenvalue weighted by atomic mass is 32.2. The largest absolute Gasteiger partial charge is 0.398 e. The lowest BCUT2D eigenvalue weighted by Crippen LogP contribution is -2.28. The maximum atomic E-state index is 12.1. The van der Waals surface area contributed by atoms with Crippen LogP contribution in [0.3, 0.4) is 0 Å². The average molecular weight is 290 g/mol. The summed E-state index contributed by atoms with van der Waals surface area (Å²) < 4.78 is 26.9. The molecule has 20 heavy (non-hydrogen) atoms. The van der Waals surface area contributed by atoms with Crippen LogP contribution in [0.1, 0.15) is 24.1 Å². The van der Waals surface area contributed by atoms with E-state index in [0.717, 1.165) is 11.1 Å². The Balaban J connectivity index is 2.11. The first kappa shape index (κ1) is 14.6. The number of benzene rings is 2. The van der Waals surface area contributed by atoms with Gasteiger partial charge in [-0.1, -0.05) is 48.5 Å². The van der Waals surface area contributed by atoms with Crippen molar-refractivity contribution < 1.29 is 8.42 Å². The average Bonchev–Trinajstić information content (AvgIpc) is 2.39. The fourth-order valence-electron chi connectivity index (χ4n) is 2.07. The molecule has 2 aromatic rings. The van der Waals surface area contributed by atoms with Gasteiger partial charge < -0.3 is 5.73 Å². The molecule has 0 bridgehead atoms. The highest BCUT2D eigenvalue weighted by Gasteiger charge is 2.17. The van der Waals surface area contributed by atoms with Gasteiger partial charge in [0.15, 0.2) is 0 Å². The molecule has 4 nitrogen and oxygen atoms in total. The normalized spacial score (nSPS) is 13.1. The molecule has 0 aliphatic rings. The zero-order valence-corrected chi connectivity index (χ0v) is 12.1. The van der Waals surface area contributed by atoms with E-state index in [2.05, 4.69) is 4.72 Å². The van der Waals surface area contributed by atoms with Crippen molar-refractivity contribution >= 4 is 15.7 Å². The Morgan fingerprint density at radius 1 is 1.05 bits per heavy atom. The Kier molecular flexibility index (Phi) is 4.42. The molecule has 106 valence electrons. The van der Waals surface area contributed by atoms with Gasteiger partial charge in [0, 0.05) is 11.7 Å². The van der Waals surface area contributed by atoms with E-state index in [1.807, 2.05) is 36.4 Å². The van der Waals surface area contributed by atoms with E-state index >= 15 is 0 Å². The van der Waals surface area contributed by atoms with Crippen LogP contribution in [0.5, 0.6) is 0 Å². The Hall–Kier alpha value is -1.85. The minimum Gasteiger partial charge on any atom is -0.398 e. The minimum absolute atomic E-state index is 0.0368. The summed E-state index contributed by atoms with van der Waals surface area (Å²) in [6.07, 6.45) is 0. The molecule has 0 spiro atoms. The van der Waals surface area contributed by atoms with Gasteiger partial charge >= 0.3 is 0 Å². The van der Waals surface area contributed by atoms with Gasteiger partial charge in [0.05, 0.1) is 5.75 Å². The summed E-state index contributed by atoms with van der Waals surface area (Å²) in [4.78, 5) is 0. The van der Waals surface area contributed by atoms with Gasteiger partial charge in [-0.25, -0.2) is 13.1 Å². The lowest BCUT2D eigenvalue weighted by Gasteiger charge is -2.16. The summed E-state index contributed by atoms with van der Waals surface area (Å²) >= 11 is 0. The first-order valence-corrected chi connectivity index (χ1v) is 8.01. The van der Waals surface area contributed by atoms with Crippen molar-refractivity contribution in [2.45, 2.75) is 18.7 Å². The maximum Gasteiger partial charge on any atom is 0.216 e. The maximum absolute atomic E-state index is 12.1. The molecule has 3 N–H and O–H groups in total. The molecule has 5 heteroatoms. The molecule has 2 rings (SSSR count). The zero-order chi connectivity index (χ0) is 14.6. The van der Waals surface area contributed by atoms with Crippen LogP contribution in [0.25, 0.3) is 0 Å². The van der Waals surface area contributed by atoms with Gasteiger partial charge in [0.1, 0.15) is 0 Å². The van der Waals surface area contributed by atoms with E-state index < -0.39 is 10.0 Å². The lowest BCUT2D eigenvalue weighted by atomic mass is 10.1. The molecule has 0 aliphatic carbocycles. The van der Waals surface area contributed by atoms with Crippen LogP contribution in [-0.2, 0) is 15.8 Å². The third-order valence-electron chi connectivity index (χ3n) is 3.02. The molecule has 0 aromatic heterocycles. The fourth-order valence-corrected chi connectivity index (χ4v) is 3.45. The van der Waals surface area contributed by atoms with Gasteiger partial charge in [0.25, 0.3) is 0 Å². The number of nitrogens with two attached hydrogens (primary N) is 1. The second-order valence-corrected chi connectivity index (χ2v) is 6.47. The Labute approximate surface area is 119 Å². The summed E-state index contributed by atoms with van der Waals surface area (Å²) in [5.74, 6) is -0.0368. The molecule has 2 aromatic carbocycles. The highest BCUT2D eigenvalue weighted by Crippen LogP contribution is 2.20. The topological polar surface area (TPSA) is 72.2 Å². The third-order valence-corrected chi connectivity index (χ3v) is 4.44. The number of nitrogen functional groups attached to an aromatic ring is 1. The second-order valence-electron chi connectivity index (χ2n) is 4.71. The summed E-state index contributed by atoms with van der Waals surface area (Å²) in [5.41, 5.74) is 7.98. The molecule has 1 atom stereocenters. The first-order valence-electron chi connectivity index (χ1n) is 6.36. The first-order chi connectivity index (χ1) is 9.48. The lowest BCUT2D eigenvalue weighted by molar-refractivity contribution is 0.566. The quantitative estimate of drug-likeness (QED) is 0.831.